The van der Waals surface area contributed by atoms with Gasteiger partial charge in [-0.05, 0) is 32.9 Å². The molecule has 1 aliphatic rings. The molecule has 1 aromatic carbocycles. The smallest absolute Gasteiger partial charge is 0.296 e. The van der Waals surface area contributed by atoms with Crippen LogP contribution in [-0.4, -0.2) is 33.0 Å². The third-order valence-corrected chi connectivity index (χ3v) is 4.73. The van der Waals surface area contributed by atoms with E-state index in [1.165, 1.54) is 12.1 Å². The first kappa shape index (κ1) is 17.1. The van der Waals surface area contributed by atoms with Crippen molar-refractivity contribution in [3.05, 3.63) is 42.5 Å². The van der Waals surface area contributed by atoms with Gasteiger partial charge in [-0.15, -0.1) is 6.58 Å². The SMILES string of the molecule is C=C[C@@H]1OC(C)(C)O[C@H]1CCOS(=O)(=O)c1ccc(C)cc1. The van der Waals surface area contributed by atoms with Crippen LogP contribution in [0.4, 0.5) is 0 Å². The molecule has 0 saturated carbocycles. The Hall–Kier alpha value is -1.21. The van der Waals surface area contributed by atoms with E-state index in [1.807, 2.05) is 20.8 Å². The van der Waals surface area contributed by atoms with Crippen molar-refractivity contribution in [1.29, 1.82) is 0 Å². The molecule has 1 aliphatic heterocycles. The van der Waals surface area contributed by atoms with Crippen LogP contribution in [0.25, 0.3) is 0 Å². The van der Waals surface area contributed by atoms with E-state index in [0.29, 0.717) is 6.42 Å². The Bertz CT molecular complexity index is 618. The van der Waals surface area contributed by atoms with E-state index in [0.717, 1.165) is 5.56 Å². The molecule has 0 unspecified atom stereocenters. The van der Waals surface area contributed by atoms with Crippen LogP contribution in [0.15, 0.2) is 41.8 Å². The van der Waals surface area contributed by atoms with Crippen LogP contribution in [0.1, 0.15) is 25.8 Å². The topological polar surface area (TPSA) is 61.8 Å². The van der Waals surface area contributed by atoms with Crippen LogP contribution in [0.2, 0.25) is 0 Å². The number of ether oxygens (including phenoxy) is 2. The minimum atomic E-state index is -3.74. The predicted octanol–water partition coefficient (Wildman–Crippen LogP) is 2.80. The molecular weight excluding hydrogens is 304 g/mol. The molecular formula is C16H22O5S. The Kier molecular flexibility index (Phi) is 5.07. The van der Waals surface area contributed by atoms with Gasteiger partial charge in [-0.1, -0.05) is 23.8 Å². The van der Waals surface area contributed by atoms with Gasteiger partial charge in [0.15, 0.2) is 5.79 Å². The zero-order valence-corrected chi connectivity index (χ0v) is 13.9. The monoisotopic (exact) mass is 326 g/mol. The second-order valence-corrected chi connectivity index (χ2v) is 7.37. The summed E-state index contributed by atoms with van der Waals surface area (Å²) in [6.07, 6.45) is 1.54. The van der Waals surface area contributed by atoms with Crippen molar-refractivity contribution in [3.63, 3.8) is 0 Å². The van der Waals surface area contributed by atoms with Gasteiger partial charge in [0, 0.05) is 6.42 Å². The first-order valence-corrected chi connectivity index (χ1v) is 8.59. The molecule has 122 valence electrons. The van der Waals surface area contributed by atoms with E-state index < -0.39 is 15.9 Å². The maximum absolute atomic E-state index is 12.1. The molecule has 0 amide bonds. The van der Waals surface area contributed by atoms with Crippen LogP contribution >= 0.6 is 0 Å². The zero-order chi connectivity index (χ0) is 16.4. The third kappa shape index (κ3) is 4.16. The third-order valence-electron chi connectivity index (χ3n) is 3.40. The second kappa shape index (κ2) is 6.50. The summed E-state index contributed by atoms with van der Waals surface area (Å²) in [4.78, 5) is 0.155. The minimum absolute atomic E-state index is 0.0324. The summed E-state index contributed by atoms with van der Waals surface area (Å²) < 4.78 is 40.6. The molecule has 1 saturated heterocycles. The summed E-state index contributed by atoms with van der Waals surface area (Å²) in [6.45, 7) is 9.26. The average Bonchev–Trinajstić information content (AvgIpc) is 2.73. The minimum Gasteiger partial charge on any atom is -0.344 e. The van der Waals surface area contributed by atoms with Gasteiger partial charge in [-0.25, -0.2) is 0 Å². The van der Waals surface area contributed by atoms with Gasteiger partial charge in [-0.2, -0.15) is 8.42 Å². The molecule has 6 heteroatoms. The zero-order valence-electron chi connectivity index (χ0n) is 13.1. The fourth-order valence-corrected chi connectivity index (χ4v) is 3.25. The number of aryl methyl sites for hydroxylation is 1. The molecule has 0 N–H and O–H groups in total. The summed E-state index contributed by atoms with van der Waals surface area (Å²) in [5, 5.41) is 0. The van der Waals surface area contributed by atoms with Crippen molar-refractivity contribution in [3.8, 4) is 0 Å². The molecule has 0 bridgehead atoms. The Morgan fingerprint density at radius 2 is 1.91 bits per heavy atom. The number of benzene rings is 1. The normalized spacial score (nSPS) is 24.3. The van der Waals surface area contributed by atoms with Gasteiger partial charge in [0.05, 0.1) is 17.6 Å². The van der Waals surface area contributed by atoms with Crippen molar-refractivity contribution < 1.29 is 22.1 Å². The van der Waals surface area contributed by atoms with Crippen molar-refractivity contribution in [1.82, 2.24) is 0 Å². The molecule has 0 radical (unpaired) electrons. The standard InChI is InChI=1S/C16H22O5S/c1-5-14-15(21-16(3,4)20-14)10-11-19-22(17,18)13-8-6-12(2)7-9-13/h5-9,14-15H,1,10-11H2,2-4H3/t14-,15-/m0/s1. The Morgan fingerprint density at radius 3 is 2.50 bits per heavy atom. The maximum Gasteiger partial charge on any atom is 0.296 e. The summed E-state index contributed by atoms with van der Waals surface area (Å²) in [5.41, 5.74) is 0.992. The van der Waals surface area contributed by atoms with E-state index in [-0.39, 0.29) is 23.7 Å². The Morgan fingerprint density at radius 1 is 1.27 bits per heavy atom. The van der Waals surface area contributed by atoms with E-state index in [4.69, 9.17) is 13.7 Å². The molecule has 0 aliphatic carbocycles. The lowest BCUT2D eigenvalue weighted by molar-refractivity contribution is -0.143. The van der Waals surface area contributed by atoms with Crippen molar-refractivity contribution in [2.45, 2.75) is 50.1 Å². The average molecular weight is 326 g/mol. The highest BCUT2D eigenvalue weighted by atomic mass is 32.2. The summed E-state index contributed by atoms with van der Waals surface area (Å²) in [5.74, 6) is -0.695. The molecule has 0 aromatic heterocycles. The second-order valence-electron chi connectivity index (χ2n) is 5.75. The highest BCUT2D eigenvalue weighted by Crippen LogP contribution is 2.30. The number of hydrogen-bond acceptors (Lipinski definition) is 5. The van der Waals surface area contributed by atoms with Crippen molar-refractivity contribution >= 4 is 10.1 Å². The summed E-state index contributed by atoms with van der Waals surface area (Å²) >= 11 is 0. The number of rotatable bonds is 6. The molecule has 2 atom stereocenters. The number of hydrogen-bond donors (Lipinski definition) is 0. The van der Waals surface area contributed by atoms with Crippen LogP contribution in [0.5, 0.6) is 0 Å². The van der Waals surface area contributed by atoms with E-state index in [2.05, 4.69) is 6.58 Å². The van der Waals surface area contributed by atoms with Gasteiger partial charge < -0.3 is 9.47 Å². The van der Waals surface area contributed by atoms with Crippen LogP contribution in [0.3, 0.4) is 0 Å². The molecule has 1 fully saturated rings. The largest absolute Gasteiger partial charge is 0.344 e. The lowest BCUT2D eigenvalue weighted by Crippen LogP contribution is -2.23. The van der Waals surface area contributed by atoms with E-state index >= 15 is 0 Å². The highest BCUT2D eigenvalue weighted by molar-refractivity contribution is 7.86. The molecule has 1 aromatic rings. The van der Waals surface area contributed by atoms with Gasteiger partial charge in [0.2, 0.25) is 0 Å². The molecule has 22 heavy (non-hydrogen) atoms. The van der Waals surface area contributed by atoms with E-state index in [1.54, 1.807) is 18.2 Å². The van der Waals surface area contributed by atoms with Crippen molar-refractivity contribution in [2.75, 3.05) is 6.61 Å². The molecule has 2 rings (SSSR count). The first-order valence-electron chi connectivity index (χ1n) is 7.18. The first-order chi connectivity index (χ1) is 10.2. The lowest BCUT2D eigenvalue weighted by atomic mass is 10.1. The van der Waals surface area contributed by atoms with Gasteiger partial charge in [0.1, 0.15) is 6.10 Å². The van der Waals surface area contributed by atoms with Gasteiger partial charge >= 0.3 is 0 Å². The van der Waals surface area contributed by atoms with Crippen LogP contribution in [0, 0.1) is 6.92 Å². The highest BCUT2D eigenvalue weighted by Gasteiger charge is 2.39. The summed E-state index contributed by atoms with van der Waals surface area (Å²) in [7, 11) is -3.74. The fraction of sp³-hybridized carbons (Fsp3) is 0.500. The van der Waals surface area contributed by atoms with Gasteiger partial charge in [0.25, 0.3) is 10.1 Å². The van der Waals surface area contributed by atoms with Gasteiger partial charge in [-0.3, -0.25) is 4.18 Å². The predicted molar refractivity (Wildman–Crippen MR) is 83.0 cm³/mol. The molecule has 5 nitrogen and oxygen atoms in total. The summed E-state index contributed by atoms with van der Waals surface area (Å²) in [6, 6.07) is 6.55. The molecule has 1 heterocycles. The fourth-order valence-electron chi connectivity index (χ4n) is 2.33. The lowest BCUT2D eigenvalue weighted by Gasteiger charge is -2.16. The van der Waals surface area contributed by atoms with E-state index in [9.17, 15) is 8.42 Å². The Balaban J connectivity index is 1.93. The quantitative estimate of drug-likeness (QED) is 0.594. The van der Waals surface area contributed by atoms with Crippen LogP contribution in [-0.2, 0) is 23.8 Å². The molecule has 0 spiro atoms. The van der Waals surface area contributed by atoms with Crippen LogP contribution < -0.4 is 0 Å². The maximum atomic E-state index is 12.1. The Labute approximate surface area is 132 Å². The van der Waals surface area contributed by atoms with Crippen molar-refractivity contribution in [2.24, 2.45) is 0 Å².